The Morgan fingerprint density at radius 3 is 1.90 bits per heavy atom. The van der Waals surface area contributed by atoms with Gasteiger partial charge in [0.05, 0.1) is 11.3 Å². The molecular formula is C25H28N4O2. The van der Waals surface area contributed by atoms with Crippen molar-refractivity contribution in [2.75, 3.05) is 56.1 Å². The van der Waals surface area contributed by atoms with Gasteiger partial charge in [0.2, 0.25) is 0 Å². The zero-order valence-electron chi connectivity index (χ0n) is 18.0. The van der Waals surface area contributed by atoms with Gasteiger partial charge in [-0.05, 0) is 49.7 Å². The molecule has 3 aliphatic heterocycles. The highest BCUT2D eigenvalue weighted by Gasteiger charge is 2.42. The molecule has 5 rings (SSSR count). The molecule has 0 radical (unpaired) electrons. The van der Waals surface area contributed by atoms with Crippen LogP contribution in [0, 0.1) is 0 Å². The van der Waals surface area contributed by atoms with Crippen molar-refractivity contribution >= 4 is 28.8 Å². The molecule has 2 fully saturated rings. The van der Waals surface area contributed by atoms with Crippen LogP contribution in [0.5, 0.6) is 0 Å². The van der Waals surface area contributed by atoms with Crippen molar-refractivity contribution in [3.63, 3.8) is 0 Å². The molecule has 31 heavy (non-hydrogen) atoms. The van der Waals surface area contributed by atoms with Crippen LogP contribution in [0.15, 0.2) is 60.3 Å². The number of amides is 2. The number of likely N-dealkylation sites (N-methyl/N-ethyl adjacent to an activating group) is 1. The number of likely N-dealkylation sites (tertiary alicyclic amines) is 1. The molecular weight excluding hydrogens is 388 g/mol. The molecule has 2 aromatic rings. The van der Waals surface area contributed by atoms with Gasteiger partial charge in [0.1, 0.15) is 5.70 Å². The number of anilines is 2. The van der Waals surface area contributed by atoms with Crippen molar-refractivity contribution < 1.29 is 9.59 Å². The highest BCUT2D eigenvalue weighted by atomic mass is 16.2. The predicted octanol–water partition coefficient (Wildman–Crippen LogP) is 2.82. The molecule has 6 nitrogen and oxygen atoms in total. The van der Waals surface area contributed by atoms with Gasteiger partial charge in [-0.3, -0.25) is 9.59 Å². The van der Waals surface area contributed by atoms with E-state index in [1.807, 2.05) is 54.6 Å². The Morgan fingerprint density at radius 1 is 0.645 bits per heavy atom. The lowest BCUT2D eigenvalue weighted by molar-refractivity contribution is -0.120. The number of hydrogen-bond donors (Lipinski definition) is 0. The van der Waals surface area contributed by atoms with Crippen LogP contribution >= 0.6 is 0 Å². The molecule has 2 aromatic carbocycles. The van der Waals surface area contributed by atoms with E-state index in [0.717, 1.165) is 63.4 Å². The van der Waals surface area contributed by atoms with Gasteiger partial charge in [-0.2, -0.15) is 0 Å². The third-order valence-corrected chi connectivity index (χ3v) is 6.52. The quantitative estimate of drug-likeness (QED) is 0.718. The van der Waals surface area contributed by atoms with E-state index in [1.165, 1.54) is 4.90 Å². The summed E-state index contributed by atoms with van der Waals surface area (Å²) in [5.41, 5.74) is 3.65. The molecule has 0 aliphatic carbocycles. The maximum absolute atomic E-state index is 13.5. The first-order valence-corrected chi connectivity index (χ1v) is 11.1. The molecule has 0 N–H and O–H groups in total. The summed E-state index contributed by atoms with van der Waals surface area (Å²) in [4.78, 5) is 35.1. The van der Waals surface area contributed by atoms with E-state index >= 15 is 0 Å². The van der Waals surface area contributed by atoms with Gasteiger partial charge < -0.3 is 14.7 Å². The van der Waals surface area contributed by atoms with Gasteiger partial charge in [-0.15, -0.1) is 0 Å². The summed E-state index contributed by atoms with van der Waals surface area (Å²) in [5, 5.41) is 0. The molecule has 6 heteroatoms. The molecule has 0 atom stereocenters. The normalized spacial score (nSPS) is 20.4. The van der Waals surface area contributed by atoms with Crippen molar-refractivity contribution in [1.82, 2.24) is 9.80 Å². The van der Waals surface area contributed by atoms with Gasteiger partial charge >= 0.3 is 0 Å². The fraction of sp³-hybridized carbons (Fsp3) is 0.360. The number of benzene rings is 2. The first kappa shape index (κ1) is 19.8. The molecule has 0 saturated carbocycles. The first-order chi connectivity index (χ1) is 15.1. The second-order valence-corrected chi connectivity index (χ2v) is 8.54. The third kappa shape index (κ3) is 3.61. The average molecular weight is 417 g/mol. The second kappa shape index (κ2) is 8.19. The van der Waals surface area contributed by atoms with Crippen LogP contribution in [-0.2, 0) is 9.59 Å². The maximum Gasteiger partial charge on any atom is 0.282 e. The SMILES string of the molecule is CN1CCN(c2ccc(N3C(=O)C(c4ccccc4)=C(N4CCCC4)C3=O)cc2)CC1. The van der Waals surface area contributed by atoms with Crippen LogP contribution in [0.1, 0.15) is 18.4 Å². The molecule has 0 unspecified atom stereocenters. The maximum atomic E-state index is 13.5. The van der Waals surface area contributed by atoms with Crippen molar-refractivity contribution in [2.45, 2.75) is 12.8 Å². The lowest BCUT2D eigenvalue weighted by atomic mass is 10.0. The molecule has 0 spiro atoms. The number of piperazine rings is 1. The van der Waals surface area contributed by atoms with Gasteiger partial charge in [0.25, 0.3) is 11.8 Å². The summed E-state index contributed by atoms with van der Waals surface area (Å²) in [6.07, 6.45) is 2.10. The van der Waals surface area contributed by atoms with Gasteiger partial charge in [-0.1, -0.05) is 30.3 Å². The molecule has 160 valence electrons. The van der Waals surface area contributed by atoms with Crippen molar-refractivity contribution in [3.05, 3.63) is 65.9 Å². The molecule has 0 bridgehead atoms. The Balaban J connectivity index is 1.45. The Morgan fingerprint density at radius 2 is 1.26 bits per heavy atom. The molecule has 0 aromatic heterocycles. The molecule has 2 saturated heterocycles. The van der Waals surface area contributed by atoms with Crippen LogP contribution in [0.25, 0.3) is 5.57 Å². The molecule has 3 aliphatic rings. The lowest BCUT2D eigenvalue weighted by Crippen LogP contribution is -2.44. The van der Waals surface area contributed by atoms with Gasteiger partial charge in [0.15, 0.2) is 0 Å². The monoisotopic (exact) mass is 416 g/mol. The Kier molecular flexibility index (Phi) is 5.24. The molecule has 3 heterocycles. The van der Waals surface area contributed by atoms with Crippen molar-refractivity contribution in [1.29, 1.82) is 0 Å². The Bertz CT molecular complexity index is 1000. The van der Waals surface area contributed by atoms with E-state index in [4.69, 9.17) is 0 Å². The Hall–Kier alpha value is -3.12. The summed E-state index contributed by atoms with van der Waals surface area (Å²) < 4.78 is 0. The summed E-state index contributed by atoms with van der Waals surface area (Å²) >= 11 is 0. The van der Waals surface area contributed by atoms with E-state index in [0.29, 0.717) is 17.0 Å². The minimum Gasteiger partial charge on any atom is -0.369 e. The lowest BCUT2D eigenvalue weighted by Gasteiger charge is -2.34. The fourth-order valence-electron chi connectivity index (χ4n) is 4.73. The van der Waals surface area contributed by atoms with Crippen LogP contribution in [0.3, 0.4) is 0 Å². The minimum atomic E-state index is -0.231. The fourth-order valence-corrected chi connectivity index (χ4v) is 4.73. The first-order valence-electron chi connectivity index (χ1n) is 11.1. The number of hydrogen-bond acceptors (Lipinski definition) is 5. The summed E-state index contributed by atoms with van der Waals surface area (Å²) in [7, 11) is 2.14. The van der Waals surface area contributed by atoms with E-state index in [9.17, 15) is 9.59 Å². The number of carbonyl (C=O) groups is 2. The zero-order valence-corrected chi connectivity index (χ0v) is 18.0. The van der Waals surface area contributed by atoms with Gasteiger partial charge in [-0.25, -0.2) is 4.90 Å². The smallest absolute Gasteiger partial charge is 0.282 e. The number of nitrogens with zero attached hydrogens (tertiary/aromatic N) is 4. The van der Waals surface area contributed by atoms with E-state index in [1.54, 1.807) is 0 Å². The third-order valence-electron chi connectivity index (χ3n) is 6.52. The van der Waals surface area contributed by atoms with Crippen LogP contribution in [0.2, 0.25) is 0 Å². The second-order valence-electron chi connectivity index (χ2n) is 8.54. The van der Waals surface area contributed by atoms with Crippen molar-refractivity contribution in [2.24, 2.45) is 0 Å². The average Bonchev–Trinajstić information content (AvgIpc) is 3.41. The van der Waals surface area contributed by atoms with Gasteiger partial charge in [0, 0.05) is 45.0 Å². The number of rotatable bonds is 4. The topological polar surface area (TPSA) is 47.1 Å². The Labute approximate surface area is 183 Å². The predicted molar refractivity (Wildman–Crippen MR) is 123 cm³/mol. The van der Waals surface area contributed by atoms with E-state index < -0.39 is 0 Å². The van der Waals surface area contributed by atoms with Crippen LogP contribution < -0.4 is 9.80 Å². The largest absolute Gasteiger partial charge is 0.369 e. The highest BCUT2D eigenvalue weighted by Crippen LogP contribution is 2.36. The summed E-state index contributed by atoms with van der Waals surface area (Å²) in [6, 6.07) is 17.4. The summed E-state index contributed by atoms with van der Waals surface area (Å²) in [5.74, 6) is -0.441. The minimum absolute atomic E-state index is 0.210. The number of carbonyl (C=O) groups excluding carboxylic acids is 2. The zero-order chi connectivity index (χ0) is 21.4. The van der Waals surface area contributed by atoms with Crippen molar-refractivity contribution in [3.8, 4) is 0 Å². The summed E-state index contributed by atoms with van der Waals surface area (Å²) in [6.45, 7) is 5.68. The highest BCUT2D eigenvalue weighted by molar-refractivity contribution is 6.45. The number of imide groups is 1. The van der Waals surface area contributed by atoms with Crippen LogP contribution in [0.4, 0.5) is 11.4 Å². The molecule has 2 amide bonds. The van der Waals surface area contributed by atoms with Crippen LogP contribution in [-0.4, -0.2) is 67.9 Å². The standard InChI is InChI=1S/C25H28N4O2/c1-26-15-17-27(18-16-26)20-9-11-21(12-10-20)29-24(30)22(19-7-3-2-4-8-19)23(25(29)31)28-13-5-6-14-28/h2-4,7-12H,5-6,13-18H2,1H3. The van der Waals surface area contributed by atoms with E-state index in [2.05, 4.69) is 21.7 Å². The van der Waals surface area contributed by atoms with E-state index in [-0.39, 0.29) is 11.8 Å².